The zero-order valence-electron chi connectivity index (χ0n) is 17.8. The van der Waals surface area contributed by atoms with Crippen LogP contribution in [0.5, 0.6) is 0 Å². The Morgan fingerprint density at radius 3 is 2.56 bits per heavy atom. The van der Waals surface area contributed by atoms with Crippen molar-refractivity contribution in [1.82, 2.24) is 15.6 Å². The molecule has 2 aromatic rings. The van der Waals surface area contributed by atoms with Gasteiger partial charge in [0, 0.05) is 16.9 Å². The molecule has 0 spiro atoms. The van der Waals surface area contributed by atoms with Gasteiger partial charge in [-0.2, -0.15) is 0 Å². The minimum absolute atomic E-state index is 0. The van der Waals surface area contributed by atoms with E-state index in [9.17, 15) is 13.2 Å². The van der Waals surface area contributed by atoms with Crippen molar-refractivity contribution in [3.8, 4) is 0 Å². The maximum Gasteiger partial charge on any atom is 0.263 e. The molecule has 3 rings (SSSR count). The quantitative estimate of drug-likeness (QED) is 0.384. The Morgan fingerprint density at radius 1 is 1.12 bits per heavy atom. The summed E-state index contributed by atoms with van der Waals surface area (Å²) in [7, 11) is -3.74. The Kier molecular flexibility index (Phi) is 11.2. The lowest BCUT2D eigenvalue weighted by atomic mass is 9.89. The van der Waals surface area contributed by atoms with Gasteiger partial charge in [-0.25, -0.2) is 13.4 Å². The summed E-state index contributed by atoms with van der Waals surface area (Å²) in [6.45, 7) is 2.57. The lowest BCUT2D eigenvalue weighted by Gasteiger charge is -2.21. The zero-order chi connectivity index (χ0) is 22.1. The smallest absolute Gasteiger partial charge is 0.263 e. The second-order valence-corrected chi connectivity index (χ2v) is 10.8. The zero-order valence-corrected chi connectivity index (χ0v) is 21.0. The molecule has 1 heterocycles. The largest absolute Gasteiger partial charge is 0.356 e. The minimum atomic E-state index is -3.74. The number of thiazole rings is 1. The molecule has 1 aromatic carbocycles. The lowest BCUT2D eigenvalue weighted by Crippen LogP contribution is -2.30. The third kappa shape index (κ3) is 8.86. The van der Waals surface area contributed by atoms with E-state index >= 15 is 0 Å². The Hall–Kier alpha value is -1.39. The molecule has 178 valence electrons. The van der Waals surface area contributed by atoms with E-state index in [0.29, 0.717) is 17.3 Å². The molecule has 0 unspecified atom stereocenters. The monoisotopic (exact) mass is 520 g/mol. The highest BCUT2D eigenvalue weighted by atomic mass is 35.5. The van der Waals surface area contributed by atoms with Crippen molar-refractivity contribution in [2.24, 2.45) is 5.92 Å². The van der Waals surface area contributed by atoms with Crippen molar-refractivity contribution in [2.45, 2.75) is 49.8 Å². The molecule has 1 aromatic heterocycles. The predicted molar refractivity (Wildman–Crippen MR) is 132 cm³/mol. The van der Waals surface area contributed by atoms with Crippen molar-refractivity contribution >= 4 is 56.4 Å². The van der Waals surface area contributed by atoms with Gasteiger partial charge in [-0.05, 0) is 62.5 Å². The van der Waals surface area contributed by atoms with Gasteiger partial charge in [-0.15, -0.1) is 23.7 Å². The first-order valence-electron chi connectivity index (χ1n) is 10.6. The second-order valence-electron chi connectivity index (χ2n) is 7.79. The van der Waals surface area contributed by atoms with E-state index in [0.717, 1.165) is 36.8 Å². The first-order valence-corrected chi connectivity index (χ1v) is 13.4. The Labute approximate surface area is 205 Å². The van der Waals surface area contributed by atoms with Crippen molar-refractivity contribution in [2.75, 3.05) is 24.4 Å². The molecule has 1 aliphatic carbocycles. The summed E-state index contributed by atoms with van der Waals surface area (Å²) in [4.78, 5) is 16.4. The molecular weight excluding hydrogens is 491 g/mol. The molecule has 7 nitrogen and oxygen atoms in total. The Morgan fingerprint density at radius 2 is 1.84 bits per heavy atom. The van der Waals surface area contributed by atoms with Gasteiger partial charge in [-0.1, -0.05) is 30.9 Å². The fourth-order valence-electron chi connectivity index (χ4n) is 3.59. The number of nitrogens with one attached hydrogen (secondary N) is 3. The second kappa shape index (κ2) is 13.3. The third-order valence-electron chi connectivity index (χ3n) is 5.25. The van der Waals surface area contributed by atoms with Crippen LogP contribution in [0.25, 0.3) is 0 Å². The van der Waals surface area contributed by atoms with E-state index in [2.05, 4.69) is 20.3 Å². The van der Waals surface area contributed by atoms with E-state index in [1.165, 1.54) is 56.4 Å². The molecule has 1 saturated carbocycles. The van der Waals surface area contributed by atoms with Crippen LogP contribution in [0.1, 0.15) is 44.2 Å². The number of nitrogens with zero attached hydrogens (tertiary/aromatic N) is 1. The van der Waals surface area contributed by atoms with Gasteiger partial charge in [0.15, 0.2) is 5.13 Å². The molecule has 0 radical (unpaired) electrons. The molecule has 1 aliphatic rings. The van der Waals surface area contributed by atoms with E-state index < -0.39 is 10.0 Å². The number of carbonyl (C=O) groups is 1. The van der Waals surface area contributed by atoms with Gasteiger partial charge in [0.05, 0.1) is 17.0 Å². The number of aromatic nitrogens is 1. The average molecular weight is 522 g/mol. The number of halogens is 2. The molecule has 11 heteroatoms. The first kappa shape index (κ1) is 26.9. The predicted octanol–water partition coefficient (Wildman–Crippen LogP) is 4.24. The van der Waals surface area contributed by atoms with Crippen molar-refractivity contribution in [1.29, 1.82) is 0 Å². The standard InChI is InChI=1S/C21H29ClN4O3S2.ClH/c22-17-7-9-19(10-8-17)31(28,29)26-21-25-18(15-30-21)13-20(27)24-12-4-11-23-14-16-5-2-1-3-6-16;/h7-10,15-16,23H,1-6,11-14H2,(H,24,27)(H,25,26);1H. The fraction of sp³-hybridized carbons (Fsp3) is 0.524. The van der Waals surface area contributed by atoms with Crippen LogP contribution in [-0.2, 0) is 21.2 Å². The number of amides is 1. The highest BCUT2D eigenvalue weighted by Gasteiger charge is 2.17. The number of carbonyl (C=O) groups excluding carboxylic acids is 1. The van der Waals surface area contributed by atoms with Crippen molar-refractivity contribution in [3.63, 3.8) is 0 Å². The molecule has 0 aliphatic heterocycles. The topological polar surface area (TPSA) is 100 Å². The molecular formula is C21H30Cl2N4O3S2. The average Bonchev–Trinajstić information content (AvgIpc) is 3.17. The van der Waals surface area contributed by atoms with Crippen LogP contribution in [0.2, 0.25) is 5.02 Å². The fourth-order valence-corrected chi connectivity index (χ4v) is 5.68. The van der Waals surface area contributed by atoms with Gasteiger partial charge in [0.2, 0.25) is 5.91 Å². The number of hydrogen-bond acceptors (Lipinski definition) is 6. The van der Waals surface area contributed by atoms with E-state index in [1.807, 2.05) is 0 Å². The van der Waals surface area contributed by atoms with E-state index in [4.69, 9.17) is 11.6 Å². The Bertz CT molecular complexity index is 946. The molecule has 0 bridgehead atoms. The number of anilines is 1. The summed E-state index contributed by atoms with van der Waals surface area (Å²) in [6, 6.07) is 5.88. The molecule has 0 atom stereocenters. The number of hydrogen-bond donors (Lipinski definition) is 3. The minimum Gasteiger partial charge on any atom is -0.356 e. The van der Waals surface area contributed by atoms with Gasteiger partial charge in [0.1, 0.15) is 0 Å². The molecule has 32 heavy (non-hydrogen) atoms. The summed E-state index contributed by atoms with van der Waals surface area (Å²) in [5.74, 6) is 0.684. The highest BCUT2D eigenvalue weighted by Crippen LogP contribution is 2.23. The molecule has 1 amide bonds. The van der Waals surface area contributed by atoms with Crippen LogP contribution >= 0.6 is 35.3 Å². The number of benzene rings is 1. The van der Waals surface area contributed by atoms with Gasteiger partial charge in [-0.3, -0.25) is 9.52 Å². The lowest BCUT2D eigenvalue weighted by molar-refractivity contribution is -0.120. The van der Waals surface area contributed by atoms with Crippen LogP contribution in [0.3, 0.4) is 0 Å². The van der Waals surface area contributed by atoms with Gasteiger partial charge < -0.3 is 10.6 Å². The summed E-state index contributed by atoms with van der Waals surface area (Å²) in [5.41, 5.74) is 0.534. The first-order chi connectivity index (χ1) is 14.9. The summed E-state index contributed by atoms with van der Waals surface area (Å²) in [6.07, 6.45) is 7.73. The molecule has 3 N–H and O–H groups in total. The highest BCUT2D eigenvalue weighted by molar-refractivity contribution is 7.93. The number of sulfonamides is 1. The molecule has 0 saturated heterocycles. The van der Waals surface area contributed by atoms with Crippen LogP contribution < -0.4 is 15.4 Å². The van der Waals surface area contributed by atoms with Crippen LogP contribution in [0, 0.1) is 5.92 Å². The normalized spacial score (nSPS) is 14.5. The summed E-state index contributed by atoms with van der Waals surface area (Å²) in [5, 5.41) is 8.75. The SMILES string of the molecule is Cl.O=C(Cc1csc(NS(=O)(=O)c2ccc(Cl)cc2)n1)NCCCNCC1CCCCC1. The van der Waals surface area contributed by atoms with Gasteiger partial charge in [0.25, 0.3) is 10.0 Å². The van der Waals surface area contributed by atoms with Crippen LogP contribution in [0.4, 0.5) is 5.13 Å². The van der Waals surface area contributed by atoms with Crippen molar-refractivity contribution in [3.05, 3.63) is 40.4 Å². The third-order valence-corrected chi connectivity index (χ3v) is 7.79. The van der Waals surface area contributed by atoms with E-state index in [1.54, 1.807) is 5.38 Å². The number of rotatable bonds is 11. The van der Waals surface area contributed by atoms with Crippen LogP contribution in [0.15, 0.2) is 34.5 Å². The summed E-state index contributed by atoms with van der Waals surface area (Å²) < 4.78 is 27.2. The maximum absolute atomic E-state index is 12.4. The Balaban J connectivity index is 0.00000363. The van der Waals surface area contributed by atoms with E-state index in [-0.39, 0.29) is 34.8 Å². The summed E-state index contributed by atoms with van der Waals surface area (Å²) >= 11 is 6.95. The van der Waals surface area contributed by atoms with Crippen molar-refractivity contribution < 1.29 is 13.2 Å². The molecule has 1 fully saturated rings. The van der Waals surface area contributed by atoms with Crippen LogP contribution in [-0.4, -0.2) is 38.9 Å². The van der Waals surface area contributed by atoms with Gasteiger partial charge >= 0.3 is 0 Å². The maximum atomic E-state index is 12.4.